The Morgan fingerprint density at radius 3 is 2.65 bits per heavy atom. The average Bonchev–Trinajstić information content (AvgIpc) is 3.01. The molecule has 0 unspecified atom stereocenters. The summed E-state index contributed by atoms with van der Waals surface area (Å²) in [6, 6.07) is 4.10. The molecule has 1 aromatic carbocycles. The molecule has 0 radical (unpaired) electrons. The molecule has 0 aliphatic carbocycles. The number of carbonyl (C=O) groups excluding carboxylic acids is 2. The van der Waals surface area contributed by atoms with Crippen LogP contribution in [0.3, 0.4) is 0 Å². The minimum Gasteiger partial charge on any atom is -0.497 e. The molecule has 0 spiro atoms. The van der Waals surface area contributed by atoms with Crippen molar-refractivity contribution in [2.45, 2.75) is 12.6 Å². The number of nitrogens with one attached hydrogen (secondary N) is 1. The van der Waals surface area contributed by atoms with Crippen LogP contribution in [0.1, 0.15) is 32.1 Å². The summed E-state index contributed by atoms with van der Waals surface area (Å²) in [5.74, 6) is -1.19. The lowest BCUT2D eigenvalue weighted by atomic mass is 10.0. The van der Waals surface area contributed by atoms with Gasteiger partial charge in [0.1, 0.15) is 11.4 Å². The summed E-state index contributed by atoms with van der Waals surface area (Å²) < 4.78 is 50.6. The minimum absolute atomic E-state index is 0.0125. The van der Waals surface area contributed by atoms with Gasteiger partial charge in [-0.2, -0.15) is 18.3 Å². The Morgan fingerprint density at radius 1 is 1.31 bits per heavy atom. The third-order valence-electron chi connectivity index (χ3n) is 3.96. The molecule has 0 saturated carbocycles. The van der Waals surface area contributed by atoms with Crippen LogP contribution in [-0.2, 0) is 17.3 Å². The number of rotatable bonds is 3. The van der Waals surface area contributed by atoms with E-state index in [1.54, 1.807) is 0 Å². The molecule has 1 aromatic heterocycles. The quantitative estimate of drug-likeness (QED) is 0.837. The number of nitrogens with zero attached hydrogens (tertiary/aromatic N) is 2. The van der Waals surface area contributed by atoms with Gasteiger partial charge in [0.15, 0.2) is 5.69 Å². The fourth-order valence-electron chi connectivity index (χ4n) is 2.81. The predicted octanol–water partition coefficient (Wildman–Crippen LogP) is 1.97. The second-order valence-corrected chi connectivity index (χ2v) is 5.47. The van der Waals surface area contributed by atoms with E-state index in [1.165, 1.54) is 25.3 Å². The molecule has 0 fully saturated rings. The number of halogens is 3. The largest absolute Gasteiger partial charge is 0.497 e. The SMILES string of the molecule is COC(=O)c1cc(OC)ccc1-n1nc(C(F)(F)F)c2c1C(=O)NCC2. The van der Waals surface area contributed by atoms with Crippen molar-refractivity contribution in [2.24, 2.45) is 0 Å². The predicted molar refractivity (Wildman–Crippen MR) is 82.5 cm³/mol. The number of benzene rings is 1. The topological polar surface area (TPSA) is 82.5 Å². The molecule has 1 aliphatic rings. The number of esters is 1. The minimum atomic E-state index is -4.73. The maximum Gasteiger partial charge on any atom is 0.435 e. The first-order chi connectivity index (χ1) is 12.3. The van der Waals surface area contributed by atoms with E-state index in [1.807, 2.05) is 0 Å². The van der Waals surface area contributed by atoms with Crippen LogP contribution >= 0.6 is 0 Å². The number of methoxy groups -OCH3 is 2. The highest BCUT2D eigenvalue weighted by Gasteiger charge is 2.42. The van der Waals surface area contributed by atoms with Crippen LogP contribution in [0.5, 0.6) is 5.75 Å². The molecule has 10 heteroatoms. The van der Waals surface area contributed by atoms with Crippen molar-refractivity contribution < 1.29 is 32.2 Å². The molecule has 3 rings (SSSR count). The number of aromatic nitrogens is 2. The zero-order valence-corrected chi connectivity index (χ0v) is 13.8. The molecule has 138 valence electrons. The smallest absolute Gasteiger partial charge is 0.435 e. The maximum atomic E-state index is 13.4. The number of hydrogen-bond donors (Lipinski definition) is 1. The first kappa shape index (κ1) is 17.8. The highest BCUT2D eigenvalue weighted by atomic mass is 19.4. The standard InChI is InChI=1S/C16H14F3N3O4/c1-25-8-3-4-11(10(7-8)15(24)26-2)22-12-9(5-6-20-14(12)23)13(21-22)16(17,18)19/h3-4,7H,5-6H2,1-2H3,(H,20,23). The zero-order chi connectivity index (χ0) is 19.1. The van der Waals surface area contributed by atoms with Crippen LogP contribution in [-0.4, -0.2) is 42.4 Å². The van der Waals surface area contributed by atoms with Gasteiger partial charge in [-0.25, -0.2) is 9.48 Å². The highest BCUT2D eigenvalue weighted by molar-refractivity contribution is 5.98. The van der Waals surface area contributed by atoms with Gasteiger partial charge >= 0.3 is 12.1 Å². The number of ether oxygens (including phenoxy) is 2. The molecule has 0 saturated heterocycles. The maximum absolute atomic E-state index is 13.4. The van der Waals surface area contributed by atoms with E-state index in [-0.39, 0.29) is 35.5 Å². The van der Waals surface area contributed by atoms with Gasteiger partial charge in [0.2, 0.25) is 0 Å². The number of carbonyl (C=O) groups is 2. The van der Waals surface area contributed by atoms with Crippen molar-refractivity contribution >= 4 is 11.9 Å². The molecule has 0 atom stereocenters. The van der Waals surface area contributed by atoms with Crippen molar-refractivity contribution in [3.8, 4) is 11.4 Å². The zero-order valence-electron chi connectivity index (χ0n) is 13.8. The van der Waals surface area contributed by atoms with Gasteiger partial charge in [-0.3, -0.25) is 4.79 Å². The Morgan fingerprint density at radius 2 is 2.04 bits per heavy atom. The summed E-state index contributed by atoms with van der Waals surface area (Å²) in [6.07, 6.45) is -4.75. The molecule has 26 heavy (non-hydrogen) atoms. The fraction of sp³-hybridized carbons (Fsp3) is 0.312. The van der Waals surface area contributed by atoms with Crippen LogP contribution < -0.4 is 10.1 Å². The van der Waals surface area contributed by atoms with Crippen molar-refractivity contribution in [2.75, 3.05) is 20.8 Å². The van der Waals surface area contributed by atoms with Gasteiger partial charge in [-0.05, 0) is 24.6 Å². The number of amides is 1. The molecule has 1 aliphatic heterocycles. The molecule has 1 amide bonds. The molecule has 0 bridgehead atoms. The second kappa shape index (κ2) is 6.36. The Labute approximate surface area is 145 Å². The Hall–Kier alpha value is -3.04. The third kappa shape index (κ3) is 2.87. The van der Waals surface area contributed by atoms with Crippen LogP contribution in [0.25, 0.3) is 5.69 Å². The molecular weight excluding hydrogens is 355 g/mol. The number of alkyl halides is 3. The van der Waals surface area contributed by atoms with E-state index >= 15 is 0 Å². The van der Waals surface area contributed by atoms with Crippen molar-refractivity contribution in [1.29, 1.82) is 0 Å². The Kier molecular flexibility index (Phi) is 4.34. The van der Waals surface area contributed by atoms with E-state index in [0.717, 1.165) is 11.8 Å². The van der Waals surface area contributed by atoms with Crippen molar-refractivity contribution in [3.05, 3.63) is 40.7 Å². The van der Waals surface area contributed by atoms with Crippen LogP contribution in [0.2, 0.25) is 0 Å². The van der Waals surface area contributed by atoms with Gasteiger partial charge in [0.05, 0.1) is 25.5 Å². The Bertz CT molecular complexity index is 890. The summed E-state index contributed by atoms with van der Waals surface area (Å²) in [7, 11) is 2.51. The van der Waals surface area contributed by atoms with E-state index in [4.69, 9.17) is 4.74 Å². The van der Waals surface area contributed by atoms with Gasteiger partial charge in [-0.15, -0.1) is 0 Å². The van der Waals surface area contributed by atoms with Crippen molar-refractivity contribution in [1.82, 2.24) is 15.1 Å². The van der Waals surface area contributed by atoms with E-state index in [2.05, 4.69) is 15.2 Å². The monoisotopic (exact) mass is 369 g/mol. The highest BCUT2D eigenvalue weighted by Crippen LogP contribution is 2.35. The van der Waals surface area contributed by atoms with Gasteiger partial charge in [-0.1, -0.05) is 0 Å². The van der Waals surface area contributed by atoms with Crippen LogP contribution in [0.4, 0.5) is 13.2 Å². The summed E-state index contributed by atoms with van der Waals surface area (Å²) in [6.45, 7) is 0.0765. The van der Waals surface area contributed by atoms with E-state index < -0.39 is 23.7 Å². The summed E-state index contributed by atoms with van der Waals surface area (Å²) in [5, 5.41) is 6.09. The lowest BCUT2D eigenvalue weighted by molar-refractivity contribution is -0.141. The number of fused-ring (bicyclic) bond motifs is 1. The molecule has 1 N–H and O–H groups in total. The van der Waals surface area contributed by atoms with Crippen molar-refractivity contribution in [3.63, 3.8) is 0 Å². The average molecular weight is 369 g/mol. The van der Waals surface area contributed by atoms with E-state index in [9.17, 15) is 22.8 Å². The normalized spacial score (nSPS) is 13.8. The lowest BCUT2D eigenvalue weighted by Crippen LogP contribution is -2.34. The van der Waals surface area contributed by atoms with Crippen LogP contribution in [0, 0.1) is 0 Å². The lowest BCUT2D eigenvalue weighted by Gasteiger charge is -2.16. The Balaban J connectivity index is 2.30. The van der Waals surface area contributed by atoms with Gasteiger partial charge in [0, 0.05) is 12.1 Å². The molecule has 2 heterocycles. The first-order valence-electron chi connectivity index (χ1n) is 7.52. The summed E-state index contributed by atoms with van der Waals surface area (Å²) >= 11 is 0. The summed E-state index contributed by atoms with van der Waals surface area (Å²) in [5.41, 5.74) is -1.69. The van der Waals surface area contributed by atoms with Gasteiger partial charge < -0.3 is 14.8 Å². The summed E-state index contributed by atoms with van der Waals surface area (Å²) in [4.78, 5) is 24.3. The first-order valence-corrected chi connectivity index (χ1v) is 7.52. The van der Waals surface area contributed by atoms with E-state index in [0.29, 0.717) is 5.75 Å². The van der Waals surface area contributed by atoms with Crippen LogP contribution in [0.15, 0.2) is 18.2 Å². The fourth-order valence-corrected chi connectivity index (χ4v) is 2.81. The molecular formula is C16H14F3N3O4. The molecule has 2 aromatic rings. The second-order valence-electron chi connectivity index (χ2n) is 5.47. The number of hydrogen-bond acceptors (Lipinski definition) is 5. The van der Waals surface area contributed by atoms with Gasteiger partial charge in [0.25, 0.3) is 5.91 Å². The third-order valence-corrected chi connectivity index (χ3v) is 3.96. The molecule has 7 nitrogen and oxygen atoms in total.